The molecule has 0 radical (unpaired) electrons. The fourth-order valence-corrected chi connectivity index (χ4v) is 2.18. The lowest BCUT2D eigenvalue weighted by Crippen LogP contribution is -2.14. The fourth-order valence-electron chi connectivity index (χ4n) is 2.18. The summed E-state index contributed by atoms with van der Waals surface area (Å²) in [5, 5.41) is 4.60. The quantitative estimate of drug-likeness (QED) is 0.781. The SMILES string of the molecule is Cc1c(N)cccc1-c1cn(C)nc1C(C)(C)C. The van der Waals surface area contributed by atoms with Crippen molar-refractivity contribution in [3.8, 4) is 11.1 Å². The zero-order chi connectivity index (χ0) is 13.5. The molecule has 1 aromatic heterocycles. The highest BCUT2D eigenvalue weighted by atomic mass is 15.3. The number of hydrogen-bond acceptors (Lipinski definition) is 2. The van der Waals surface area contributed by atoms with Gasteiger partial charge in [0.05, 0.1) is 5.69 Å². The highest BCUT2D eigenvalue weighted by Crippen LogP contribution is 2.34. The standard InChI is InChI=1S/C15H21N3/c1-10-11(7-6-8-13(10)16)12-9-18(5)17-14(12)15(2,3)4/h6-9H,16H2,1-5H3. The zero-order valence-electron chi connectivity index (χ0n) is 11.8. The molecule has 1 heterocycles. The van der Waals surface area contributed by atoms with Crippen molar-refractivity contribution in [1.82, 2.24) is 9.78 Å². The lowest BCUT2D eigenvalue weighted by molar-refractivity contribution is 0.554. The Morgan fingerprint density at radius 3 is 2.44 bits per heavy atom. The largest absolute Gasteiger partial charge is 0.398 e. The van der Waals surface area contributed by atoms with Gasteiger partial charge in [0.2, 0.25) is 0 Å². The van der Waals surface area contributed by atoms with Crippen LogP contribution >= 0.6 is 0 Å². The number of anilines is 1. The fraction of sp³-hybridized carbons (Fsp3) is 0.400. The molecule has 2 N–H and O–H groups in total. The van der Waals surface area contributed by atoms with E-state index >= 15 is 0 Å². The molecule has 3 heteroatoms. The molecular weight excluding hydrogens is 222 g/mol. The Hall–Kier alpha value is -1.77. The van der Waals surface area contributed by atoms with Crippen molar-refractivity contribution in [2.75, 3.05) is 5.73 Å². The van der Waals surface area contributed by atoms with E-state index in [0.29, 0.717) is 0 Å². The van der Waals surface area contributed by atoms with Gasteiger partial charge in [-0.15, -0.1) is 0 Å². The van der Waals surface area contributed by atoms with E-state index in [0.717, 1.165) is 16.9 Å². The van der Waals surface area contributed by atoms with E-state index in [1.165, 1.54) is 11.1 Å². The highest BCUT2D eigenvalue weighted by molar-refractivity contribution is 5.74. The van der Waals surface area contributed by atoms with Crippen LogP contribution in [0.2, 0.25) is 0 Å². The molecule has 2 rings (SSSR count). The molecule has 0 atom stereocenters. The molecule has 2 aromatic rings. The van der Waals surface area contributed by atoms with E-state index in [9.17, 15) is 0 Å². The Balaban J connectivity index is 2.68. The van der Waals surface area contributed by atoms with E-state index < -0.39 is 0 Å². The molecule has 18 heavy (non-hydrogen) atoms. The normalized spacial score (nSPS) is 11.8. The van der Waals surface area contributed by atoms with Crippen LogP contribution in [0.25, 0.3) is 11.1 Å². The maximum absolute atomic E-state index is 6.00. The molecule has 0 saturated carbocycles. The molecule has 0 fully saturated rings. The Morgan fingerprint density at radius 1 is 1.17 bits per heavy atom. The lowest BCUT2D eigenvalue weighted by atomic mass is 9.86. The van der Waals surface area contributed by atoms with Gasteiger partial charge in [0.15, 0.2) is 0 Å². The van der Waals surface area contributed by atoms with Crippen LogP contribution in [0.4, 0.5) is 5.69 Å². The minimum Gasteiger partial charge on any atom is -0.398 e. The molecule has 96 valence electrons. The molecule has 3 nitrogen and oxygen atoms in total. The number of aromatic nitrogens is 2. The van der Waals surface area contributed by atoms with Crippen LogP contribution in [-0.4, -0.2) is 9.78 Å². The average Bonchev–Trinajstić information content (AvgIpc) is 2.64. The summed E-state index contributed by atoms with van der Waals surface area (Å²) in [5.41, 5.74) is 11.4. The van der Waals surface area contributed by atoms with Crippen molar-refractivity contribution in [3.63, 3.8) is 0 Å². The van der Waals surface area contributed by atoms with Gasteiger partial charge in [0.1, 0.15) is 0 Å². The molecule has 0 amide bonds. The second-order valence-corrected chi connectivity index (χ2v) is 5.83. The van der Waals surface area contributed by atoms with E-state index in [-0.39, 0.29) is 5.41 Å². The number of nitrogen functional groups attached to an aromatic ring is 1. The van der Waals surface area contributed by atoms with Crippen molar-refractivity contribution >= 4 is 5.69 Å². The van der Waals surface area contributed by atoms with Gasteiger partial charge >= 0.3 is 0 Å². The van der Waals surface area contributed by atoms with Crippen molar-refractivity contribution < 1.29 is 0 Å². The number of hydrogen-bond donors (Lipinski definition) is 1. The Labute approximate surface area is 109 Å². The predicted molar refractivity (Wildman–Crippen MR) is 76.5 cm³/mol. The second-order valence-electron chi connectivity index (χ2n) is 5.83. The maximum Gasteiger partial charge on any atom is 0.0756 e. The van der Waals surface area contributed by atoms with Crippen molar-refractivity contribution in [2.45, 2.75) is 33.1 Å². The van der Waals surface area contributed by atoms with Crippen LogP contribution in [0, 0.1) is 6.92 Å². The third-order valence-electron chi connectivity index (χ3n) is 3.21. The number of nitrogens with two attached hydrogens (primary N) is 1. The summed E-state index contributed by atoms with van der Waals surface area (Å²) < 4.78 is 1.87. The summed E-state index contributed by atoms with van der Waals surface area (Å²) in [6.07, 6.45) is 2.07. The summed E-state index contributed by atoms with van der Waals surface area (Å²) in [6, 6.07) is 6.04. The van der Waals surface area contributed by atoms with Gasteiger partial charge in [-0.3, -0.25) is 4.68 Å². The number of aryl methyl sites for hydroxylation is 1. The lowest BCUT2D eigenvalue weighted by Gasteiger charge is -2.18. The molecule has 0 bridgehead atoms. The second kappa shape index (κ2) is 4.16. The van der Waals surface area contributed by atoms with Crippen molar-refractivity contribution in [1.29, 1.82) is 0 Å². The monoisotopic (exact) mass is 243 g/mol. The first-order chi connectivity index (χ1) is 8.30. The minimum atomic E-state index is 0.0215. The summed E-state index contributed by atoms with van der Waals surface area (Å²) in [5.74, 6) is 0. The topological polar surface area (TPSA) is 43.8 Å². The zero-order valence-corrected chi connectivity index (χ0v) is 11.8. The highest BCUT2D eigenvalue weighted by Gasteiger charge is 2.23. The summed E-state index contributed by atoms with van der Waals surface area (Å²) in [7, 11) is 1.96. The van der Waals surface area contributed by atoms with Crippen LogP contribution in [0.15, 0.2) is 24.4 Å². The first-order valence-electron chi connectivity index (χ1n) is 6.20. The Morgan fingerprint density at radius 2 is 1.83 bits per heavy atom. The van der Waals surface area contributed by atoms with Gasteiger partial charge < -0.3 is 5.73 Å². The van der Waals surface area contributed by atoms with Gasteiger partial charge in [-0.25, -0.2) is 0 Å². The van der Waals surface area contributed by atoms with Gasteiger partial charge in [0.25, 0.3) is 0 Å². The summed E-state index contributed by atoms with van der Waals surface area (Å²) in [4.78, 5) is 0. The van der Waals surface area contributed by atoms with Gasteiger partial charge in [0, 0.05) is 29.9 Å². The molecular formula is C15H21N3. The van der Waals surface area contributed by atoms with E-state index in [4.69, 9.17) is 5.73 Å². The third kappa shape index (κ3) is 2.13. The third-order valence-corrected chi connectivity index (χ3v) is 3.21. The molecule has 0 unspecified atom stereocenters. The van der Waals surface area contributed by atoms with Crippen LogP contribution < -0.4 is 5.73 Å². The smallest absolute Gasteiger partial charge is 0.0756 e. The Bertz CT molecular complexity index is 574. The minimum absolute atomic E-state index is 0.0215. The van der Waals surface area contributed by atoms with Crippen LogP contribution in [0.5, 0.6) is 0 Å². The van der Waals surface area contributed by atoms with Gasteiger partial charge in [-0.2, -0.15) is 5.10 Å². The van der Waals surface area contributed by atoms with Crippen LogP contribution in [0.1, 0.15) is 32.0 Å². The first-order valence-corrected chi connectivity index (χ1v) is 6.20. The molecule has 0 aliphatic carbocycles. The van der Waals surface area contributed by atoms with Gasteiger partial charge in [-0.05, 0) is 24.1 Å². The average molecular weight is 243 g/mol. The van der Waals surface area contributed by atoms with E-state index in [1.807, 2.05) is 23.9 Å². The number of benzene rings is 1. The molecule has 0 spiro atoms. The van der Waals surface area contributed by atoms with Crippen LogP contribution in [-0.2, 0) is 12.5 Å². The van der Waals surface area contributed by atoms with Crippen LogP contribution in [0.3, 0.4) is 0 Å². The van der Waals surface area contributed by atoms with E-state index in [2.05, 4.69) is 45.1 Å². The first kappa shape index (κ1) is 12.7. The number of nitrogens with zero attached hydrogens (tertiary/aromatic N) is 2. The van der Waals surface area contributed by atoms with E-state index in [1.54, 1.807) is 0 Å². The maximum atomic E-state index is 6.00. The summed E-state index contributed by atoms with van der Waals surface area (Å²) in [6.45, 7) is 8.60. The molecule has 0 saturated heterocycles. The Kier molecular flexibility index (Phi) is 2.93. The van der Waals surface area contributed by atoms with Gasteiger partial charge in [-0.1, -0.05) is 32.9 Å². The summed E-state index contributed by atoms with van der Waals surface area (Å²) >= 11 is 0. The molecule has 1 aromatic carbocycles. The number of rotatable bonds is 1. The molecule has 0 aliphatic rings. The van der Waals surface area contributed by atoms with Crippen molar-refractivity contribution in [3.05, 3.63) is 35.7 Å². The molecule has 0 aliphatic heterocycles. The van der Waals surface area contributed by atoms with Crippen molar-refractivity contribution in [2.24, 2.45) is 7.05 Å². The predicted octanol–water partition coefficient (Wildman–Crippen LogP) is 3.28.